The topological polar surface area (TPSA) is 47.8 Å². The van der Waals surface area contributed by atoms with Crippen molar-refractivity contribution in [2.45, 2.75) is 32.2 Å². The van der Waals surface area contributed by atoms with Gasteiger partial charge in [-0.2, -0.15) is 0 Å². The van der Waals surface area contributed by atoms with Gasteiger partial charge >= 0.3 is 0 Å². The Labute approximate surface area is 70.6 Å². The molecule has 0 saturated carbocycles. The van der Waals surface area contributed by atoms with Gasteiger partial charge in [-0.1, -0.05) is 0 Å². The van der Waals surface area contributed by atoms with Crippen molar-refractivity contribution in [2.75, 3.05) is 0 Å². The summed E-state index contributed by atoms with van der Waals surface area (Å²) in [6.07, 6.45) is 4.58. The summed E-state index contributed by atoms with van der Waals surface area (Å²) in [6.45, 7) is 1.62. The lowest BCUT2D eigenvalue weighted by Gasteiger charge is -2.21. The van der Waals surface area contributed by atoms with E-state index in [-0.39, 0.29) is 11.8 Å². The van der Waals surface area contributed by atoms with Crippen molar-refractivity contribution in [3.05, 3.63) is 12.2 Å². The predicted octanol–water partition coefficient (Wildman–Crippen LogP) is 0.744. The van der Waals surface area contributed by atoms with E-state index in [1.165, 1.54) is 0 Å². The van der Waals surface area contributed by atoms with Crippen molar-refractivity contribution in [1.82, 2.24) is 14.8 Å². The van der Waals surface area contributed by atoms with Crippen LogP contribution in [0.5, 0.6) is 0 Å². The quantitative estimate of drug-likeness (QED) is 0.616. The Morgan fingerprint density at radius 3 is 3.33 bits per heavy atom. The van der Waals surface area contributed by atoms with E-state index in [9.17, 15) is 4.79 Å². The number of hydrogen-bond acceptors (Lipinski definition) is 3. The van der Waals surface area contributed by atoms with E-state index in [4.69, 9.17) is 0 Å². The molecule has 4 heteroatoms. The van der Waals surface area contributed by atoms with Gasteiger partial charge < -0.3 is 4.57 Å². The molecule has 1 aliphatic rings. The number of fused-ring (bicyclic) bond motifs is 1. The van der Waals surface area contributed by atoms with Gasteiger partial charge in [-0.3, -0.25) is 4.79 Å². The largest absolute Gasteiger partial charge is 0.307 e. The second kappa shape index (κ2) is 2.69. The molecule has 0 N–H and O–H groups in total. The molecule has 0 fully saturated rings. The fraction of sp³-hybridized carbons (Fsp3) is 0.625. The number of rotatable bonds is 1. The number of ketones is 1. The van der Waals surface area contributed by atoms with Gasteiger partial charge in [0.15, 0.2) is 5.78 Å². The number of hydrogen-bond donors (Lipinski definition) is 0. The molecule has 1 aliphatic heterocycles. The van der Waals surface area contributed by atoms with E-state index in [0.29, 0.717) is 0 Å². The average Bonchev–Trinajstić information content (AvgIpc) is 2.49. The Morgan fingerprint density at radius 1 is 1.75 bits per heavy atom. The third-order valence-corrected chi connectivity index (χ3v) is 2.33. The second-order valence-corrected chi connectivity index (χ2v) is 3.17. The lowest BCUT2D eigenvalue weighted by Crippen LogP contribution is -2.22. The minimum absolute atomic E-state index is 0.0104. The van der Waals surface area contributed by atoms with Crippen molar-refractivity contribution in [1.29, 1.82) is 0 Å². The fourth-order valence-electron chi connectivity index (χ4n) is 1.70. The summed E-state index contributed by atoms with van der Waals surface area (Å²) < 4.78 is 1.89. The Balaban J connectivity index is 2.37. The first-order chi connectivity index (χ1) is 5.79. The third-order valence-electron chi connectivity index (χ3n) is 2.33. The minimum Gasteiger partial charge on any atom is -0.307 e. The first-order valence-electron chi connectivity index (χ1n) is 4.18. The molecular formula is C8H11N3O. The molecule has 4 nitrogen and oxygen atoms in total. The number of aryl methyl sites for hydroxylation is 1. The van der Waals surface area contributed by atoms with Crippen LogP contribution in [0, 0.1) is 0 Å². The van der Waals surface area contributed by atoms with Crippen LogP contribution in [0.25, 0.3) is 0 Å². The SMILES string of the molecule is CC(=O)C1CCCc2nncn21. The summed E-state index contributed by atoms with van der Waals surface area (Å²) in [5, 5.41) is 7.75. The smallest absolute Gasteiger partial charge is 0.152 e. The van der Waals surface area contributed by atoms with Gasteiger partial charge in [-0.05, 0) is 19.8 Å². The van der Waals surface area contributed by atoms with Crippen LogP contribution in [0.3, 0.4) is 0 Å². The summed E-state index contributed by atoms with van der Waals surface area (Å²) in [5.74, 6) is 1.15. The third kappa shape index (κ3) is 1.03. The maximum Gasteiger partial charge on any atom is 0.152 e. The molecule has 1 unspecified atom stereocenters. The Morgan fingerprint density at radius 2 is 2.58 bits per heavy atom. The summed E-state index contributed by atoms with van der Waals surface area (Å²) in [7, 11) is 0. The number of carbonyl (C=O) groups is 1. The zero-order chi connectivity index (χ0) is 8.55. The zero-order valence-electron chi connectivity index (χ0n) is 7.03. The molecule has 1 atom stereocenters. The number of nitrogens with zero attached hydrogens (tertiary/aromatic N) is 3. The van der Waals surface area contributed by atoms with Crippen molar-refractivity contribution >= 4 is 5.78 Å². The summed E-state index contributed by atoms with van der Waals surface area (Å²) in [4.78, 5) is 11.2. The van der Waals surface area contributed by atoms with Gasteiger partial charge in [0, 0.05) is 6.42 Å². The molecule has 0 radical (unpaired) electrons. The molecule has 2 heterocycles. The van der Waals surface area contributed by atoms with Crippen LogP contribution in [-0.2, 0) is 11.2 Å². The normalized spacial score (nSPS) is 21.9. The maximum atomic E-state index is 11.2. The van der Waals surface area contributed by atoms with E-state index in [2.05, 4.69) is 10.2 Å². The van der Waals surface area contributed by atoms with E-state index in [0.717, 1.165) is 25.1 Å². The van der Waals surface area contributed by atoms with E-state index in [1.54, 1.807) is 13.3 Å². The van der Waals surface area contributed by atoms with Crippen molar-refractivity contribution in [3.8, 4) is 0 Å². The van der Waals surface area contributed by atoms with Gasteiger partial charge in [-0.15, -0.1) is 10.2 Å². The molecule has 1 aromatic heterocycles. The zero-order valence-corrected chi connectivity index (χ0v) is 7.03. The molecule has 12 heavy (non-hydrogen) atoms. The van der Waals surface area contributed by atoms with Gasteiger partial charge in [0.1, 0.15) is 12.2 Å². The van der Waals surface area contributed by atoms with Gasteiger partial charge in [-0.25, -0.2) is 0 Å². The molecule has 0 amide bonds. The van der Waals surface area contributed by atoms with Crippen molar-refractivity contribution in [3.63, 3.8) is 0 Å². The van der Waals surface area contributed by atoms with E-state index in [1.807, 2.05) is 4.57 Å². The minimum atomic E-state index is -0.0104. The lowest BCUT2D eigenvalue weighted by atomic mass is 10.0. The molecule has 0 saturated heterocycles. The monoisotopic (exact) mass is 165 g/mol. The molecule has 64 valence electrons. The van der Waals surface area contributed by atoms with Crippen LogP contribution in [-0.4, -0.2) is 20.5 Å². The number of Topliss-reactive ketones (excluding diaryl/α,β-unsaturated/α-hetero) is 1. The molecule has 0 spiro atoms. The first-order valence-corrected chi connectivity index (χ1v) is 4.18. The second-order valence-electron chi connectivity index (χ2n) is 3.17. The predicted molar refractivity (Wildman–Crippen MR) is 42.7 cm³/mol. The highest BCUT2D eigenvalue weighted by molar-refractivity contribution is 5.80. The molecule has 0 aromatic carbocycles. The van der Waals surface area contributed by atoms with Gasteiger partial charge in [0.2, 0.25) is 0 Å². The van der Waals surface area contributed by atoms with Crippen LogP contribution in [0.4, 0.5) is 0 Å². The molecule has 0 bridgehead atoms. The highest BCUT2D eigenvalue weighted by atomic mass is 16.1. The Hall–Kier alpha value is -1.19. The highest BCUT2D eigenvalue weighted by Crippen LogP contribution is 2.23. The standard InChI is InChI=1S/C8H11N3O/c1-6(12)7-3-2-4-8-10-9-5-11(7)8/h5,7H,2-4H2,1H3. The average molecular weight is 165 g/mol. The van der Waals surface area contributed by atoms with Crippen LogP contribution >= 0.6 is 0 Å². The van der Waals surface area contributed by atoms with Crippen molar-refractivity contribution < 1.29 is 4.79 Å². The number of carbonyl (C=O) groups excluding carboxylic acids is 1. The Kier molecular flexibility index (Phi) is 1.67. The fourth-order valence-corrected chi connectivity index (χ4v) is 1.70. The van der Waals surface area contributed by atoms with Crippen LogP contribution in [0.15, 0.2) is 6.33 Å². The number of aromatic nitrogens is 3. The Bertz CT molecular complexity index is 305. The van der Waals surface area contributed by atoms with Crippen molar-refractivity contribution in [2.24, 2.45) is 0 Å². The first kappa shape index (κ1) is 7.46. The summed E-state index contributed by atoms with van der Waals surface area (Å²) in [5.41, 5.74) is 0. The van der Waals surface area contributed by atoms with Gasteiger partial charge in [0.05, 0.1) is 6.04 Å². The summed E-state index contributed by atoms with van der Waals surface area (Å²) >= 11 is 0. The van der Waals surface area contributed by atoms with E-state index >= 15 is 0 Å². The molecule has 1 aromatic rings. The lowest BCUT2D eigenvalue weighted by molar-refractivity contribution is -0.120. The van der Waals surface area contributed by atoms with Gasteiger partial charge in [0.25, 0.3) is 0 Å². The highest BCUT2D eigenvalue weighted by Gasteiger charge is 2.23. The molecule has 2 rings (SSSR count). The van der Waals surface area contributed by atoms with Crippen LogP contribution in [0.2, 0.25) is 0 Å². The summed E-state index contributed by atoms with van der Waals surface area (Å²) in [6, 6.07) is -0.0104. The molecular weight excluding hydrogens is 154 g/mol. The van der Waals surface area contributed by atoms with Crippen LogP contribution < -0.4 is 0 Å². The van der Waals surface area contributed by atoms with Crippen LogP contribution in [0.1, 0.15) is 31.6 Å². The molecule has 0 aliphatic carbocycles. The maximum absolute atomic E-state index is 11.2. The van der Waals surface area contributed by atoms with E-state index < -0.39 is 0 Å².